The molecule has 118 valence electrons. The molecule has 2 unspecified atom stereocenters. The molecule has 2 N–H and O–H groups in total. The van der Waals surface area contributed by atoms with Crippen LogP contribution in [0.3, 0.4) is 0 Å². The average Bonchev–Trinajstić information content (AvgIpc) is 3.18. The van der Waals surface area contributed by atoms with Gasteiger partial charge in [0.15, 0.2) is 5.78 Å². The molecule has 2 heterocycles. The molecule has 2 aliphatic rings. The summed E-state index contributed by atoms with van der Waals surface area (Å²) in [7, 11) is 1.90. The Bertz CT molecular complexity index is 763. The minimum Gasteiger partial charge on any atom is -0.289 e. The van der Waals surface area contributed by atoms with Gasteiger partial charge < -0.3 is 0 Å². The fourth-order valence-corrected chi connectivity index (χ4v) is 3.56. The van der Waals surface area contributed by atoms with E-state index >= 15 is 0 Å². The summed E-state index contributed by atoms with van der Waals surface area (Å²) in [5.74, 6) is 0.410. The number of nitrogens with one attached hydrogen (secondary N) is 2. The van der Waals surface area contributed by atoms with Gasteiger partial charge in [0.25, 0.3) is 0 Å². The third-order valence-corrected chi connectivity index (χ3v) is 4.83. The maximum atomic E-state index is 12.7. The van der Waals surface area contributed by atoms with Crippen molar-refractivity contribution in [3.63, 3.8) is 0 Å². The van der Waals surface area contributed by atoms with Gasteiger partial charge in [-0.15, -0.1) is 0 Å². The summed E-state index contributed by atoms with van der Waals surface area (Å²) in [6.07, 6.45) is 5.53. The Morgan fingerprint density at radius 3 is 2.91 bits per heavy atom. The van der Waals surface area contributed by atoms with Crippen LogP contribution in [0.25, 0.3) is 0 Å². The van der Waals surface area contributed by atoms with Crippen LogP contribution in [0, 0.1) is 5.92 Å². The molecule has 1 aliphatic carbocycles. The van der Waals surface area contributed by atoms with Crippen molar-refractivity contribution in [2.24, 2.45) is 13.0 Å². The monoisotopic (exact) mass is 308 g/mol. The molecule has 1 aliphatic heterocycles. The Balaban J connectivity index is 1.62. The molecule has 0 saturated carbocycles. The third-order valence-electron chi connectivity index (χ3n) is 4.83. The Kier molecular flexibility index (Phi) is 3.59. The molecule has 0 spiro atoms. The molecule has 1 saturated heterocycles. The zero-order valence-electron chi connectivity index (χ0n) is 13.1. The normalized spacial score (nSPS) is 25.8. The van der Waals surface area contributed by atoms with E-state index in [0.717, 1.165) is 36.2 Å². The standard InChI is InChI=1S/C18H20N4O/c1-22-16-8-7-13(18(23)15(16)11-20-22)9-14-10-19-21-17(14)12-5-3-2-4-6-12/h2-6,9,11,14,17,19,21H,7-8,10H2,1H3/b13-9-. The largest absolute Gasteiger partial charge is 0.289 e. The summed E-state index contributed by atoms with van der Waals surface area (Å²) in [5.41, 5.74) is 10.5. The Morgan fingerprint density at radius 2 is 2.09 bits per heavy atom. The van der Waals surface area contributed by atoms with Crippen LogP contribution < -0.4 is 10.9 Å². The molecule has 0 radical (unpaired) electrons. The van der Waals surface area contributed by atoms with Crippen molar-refractivity contribution in [3.05, 3.63) is 65.0 Å². The second kappa shape index (κ2) is 5.76. The van der Waals surface area contributed by atoms with E-state index in [1.54, 1.807) is 6.20 Å². The van der Waals surface area contributed by atoms with Crippen LogP contribution in [0.5, 0.6) is 0 Å². The van der Waals surface area contributed by atoms with Crippen molar-refractivity contribution >= 4 is 5.78 Å². The van der Waals surface area contributed by atoms with Gasteiger partial charge in [0.05, 0.1) is 17.8 Å². The SMILES string of the molecule is Cn1ncc2c1CC/C(=C/C1CNNC1c1ccccc1)C2=O. The van der Waals surface area contributed by atoms with E-state index in [2.05, 4.69) is 34.2 Å². The van der Waals surface area contributed by atoms with Crippen LogP contribution in [-0.2, 0) is 13.5 Å². The third kappa shape index (κ3) is 2.52. The first-order valence-electron chi connectivity index (χ1n) is 8.03. The number of ketones is 1. The van der Waals surface area contributed by atoms with Gasteiger partial charge in [-0.1, -0.05) is 36.4 Å². The summed E-state index contributed by atoms with van der Waals surface area (Å²) in [5, 5.41) is 4.22. The van der Waals surface area contributed by atoms with Crippen molar-refractivity contribution < 1.29 is 4.79 Å². The van der Waals surface area contributed by atoms with E-state index in [0.29, 0.717) is 0 Å². The van der Waals surface area contributed by atoms with Gasteiger partial charge in [0.1, 0.15) is 0 Å². The molecule has 1 aromatic heterocycles. The summed E-state index contributed by atoms with van der Waals surface area (Å²) in [6, 6.07) is 10.6. The number of hydrogen-bond donors (Lipinski definition) is 2. The molecule has 0 bridgehead atoms. The average molecular weight is 308 g/mol. The Labute approximate surface area is 135 Å². The zero-order valence-corrected chi connectivity index (χ0v) is 13.1. The molecule has 1 aromatic carbocycles. The van der Waals surface area contributed by atoms with Gasteiger partial charge in [-0.05, 0) is 24.0 Å². The fourth-order valence-electron chi connectivity index (χ4n) is 3.56. The van der Waals surface area contributed by atoms with E-state index in [1.165, 1.54) is 5.56 Å². The second-order valence-electron chi connectivity index (χ2n) is 6.23. The number of allylic oxidation sites excluding steroid dienone is 1. The maximum absolute atomic E-state index is 12.7. The molecule has 1 fully saturated rings. The predicted molar refractivity (Wildman–Crippen MR) is 87.8 cm³/mol. The van der Waals surface area contributed by atoms with E-state index in [4.69, 9.17) is 0 Å². The topological polar surface area (TPSA) is 59.0 Å². The Morgan fingerprint density at radius 1 is 1.26 bits per heavy atom. The van der Waals surface area contributed by atoms with Gasteiger partial charge >= 0.3 is 0 Å². The highest BCUT2D eigenvalue weighted by atomic mass is 16.1. The van der Waals surface area contributed by atoms with E-state index in [-0.39, 0.29) is 17.7 Å². The fraction of sp³-hybridized carbons (Fsp3) is 0.333. The van der Waals surface area contributed by atoms with Crippen LogP contribution in [0.2, 0.25) is 0 Å². The van der Waals surface area contributed by atoms with E-state index < -0.39 is 0 Å². The van der Waals surface area contributed by atoms with Crippen LogP contribution in [0.4, 0.5) is 0 Å². The molecule has 5 heteroatoms. The minimum absolute atomic E-state index is 0.137. The lowest BCUT2D eigenvalue weighted by Crippen LogP contribution is -2.24. The number of rotatable bonds is 2. The molecule has 5 nitrogen and oxygen atoms in total. The number of nitrogens with zero attached hydrogens (tertiary/aromatic N) is 2. The summed E-state index contributed by atoms with van der Waals surface area (Å²) in [4.78, 5) is 12.7. The molecular formula is C18H20N4O. The highest BCUT2D eigenvalue weighted by Gasteiger charge is 2.30. The number of carbonyl (C=O) groups is 1. The van der Waals surface area contributed by atoms with Gasteiger partial charge in [-0.3, -0.25) is 14.9 Å². The van der Waals surface area contributed by atoms with Crippen molar-refractivity contribution in [2.75, 3.05) is 6.54 Å². The first-order valence-corrected chi connectivity index (χ1v) is 8.03. The van der Waals surface area contributed by atoms with Crippen molar-refractivity contribution in [1.29, 1.82) is 0 Å². The number of hydrogen-bond acceptors (Lipinski definition) is 4. The van der Waals surface area contributed by atoms with Gasteiger partial charge in [0, 0.05) is 25.2 Å². The number of Topliss-reactive ketones (excluding diaryl/α,β-unsaturated/α-hetero) is 1. The summed E-state index contributed by atoms with van der Waals surface area (Å²) >= 11 is 0. The van der Waals surface area contributed by atoms with Crippen LogP contribution in [0.15, 0.2) is 48.2 Å². The lowest BCUT2D eigenvalue weighted by molar-refractivity contribution is 0.102. The highest BCUT2D eigenvalue weighted by Crippen LogP contribution is 2.30. The van der Waals surface area contributed by atoms with Crippen molar-refractivity contribution in [2.45, 2.75) is 18.9 Å². The molecular weight excluding hydrogens is 288 g/mol. The molecule has 2 atom stereocenters. The lowest BCUT2D eigenvalue weighted by atomic mass is 9.86. The smallest absolute Gasteiger partial charge is 0.192 e. The summed E-state index contributed by atoms with van der Waals surface area (Å²) in [6.45, 7) is 0.830. The second-order valence-corrected chi connectivity index (χ2v) is 6.23. The molecule has 0 amide bonds. The first-order chi connectivity index (χ1) is 11.2. The number of benzene rings is 1. The van der Waals surface area contributed by atoms with Crippen LogP contribution in [0.1, 0.15) is 34.1 Å². The minimum atomic E-state index is 0.137. The zero-order chi connectivity index (χ0) is 15.8. The molecule has 4 rings (SSSR count). The lowest BCUT2D eigenvalue weighted by Gasteiger charge is -2.19. The molecule has 2 aromatic rings. The number of fused-ring (bicyclic) bond motifs is 1. The van der Waals surface area contributed by atoms with Crippen molar-refractivity contribution in [1.82, 2.24) is 20.6 Å². The number of hydrazine groups is 1. The van der Waals surface area contributed by atoms with Crippen LogP contribution >= 0.6 is 0 Å². The van der Waals surface area contributed by atoms with Gasteiger partial charge in [0.2, 0.25) is 0 Å². The van der Waals surface area contributed by atoms with E-state index in [9.17, 15) is 4.79 Å². The first kappa shape index (κ1) is 14.4. The highest BCUT2D eigenvalue weighted by molar-refractivity contribution is 6.10. The van der Waals surface area contributed by atoms with Crippen LogP contribution in [-0.4, -0.2) is 22.1 Å². The number of carbonyl (C=O) groups excluding carboxylic acids is 1. The predicted octanol–water partition coefficient (Wildman–Crippen LogP) is 1.94. The van der Waals surface area contributed by atoms with Crippen molar-refractivity contribution in [3.8, 4) is 0 Å². The van der Waals surface area contributed by atoms with Gasteiger partial charge in [-0.25, -0.2) is 5.43 Å². The maximum Gasteiger partial charge on any atom is 0.192 e. The van der Waals surface area contributed by atoms with Gasteiger partial charge in [-0.2, -0.15) is 5.10 Å². The number of aromatic nitrogens is 2. The number of aryl methyl sites for hydroxylation is 1. The van der Waals surface area contributed by atoms with E-state index in [1.807, 2.05) is 29.9 Å². The Hall–Kier alpha value is -2.24. The summed E-state index contributed by atoms with van der Waals surface area (Å²) < 4.78 is 1.81. The molecule has 23 heavy (non-hydrogen) atoms. The quantitative estimate of drug-likeness (QED) is 0.833.